The van der Waals surface area contributed by atoms with Gasteiger partial charge in [-0.15, -0.1) is 11.8 Å². The van der Waals surface area contributed by atoms with Gasteiger partial charge in [0.1, 0.15) is 0 Å². The smallest absolute Gasteiger partial charge is 0.0931 e. The molecule has 0 spiro atoms. The second kappa shape index (κ2) is 3.74. The summed E-state index contributed by atoms with van der Waals surface area (Å²) >= 11 is 1.65. The average molecular weight is 169 g/mol. The molecule has 2 nitrogen and oxygen atoms in total. The van der Waals surface area contributed by atoms with E-state index in [2.05, 4.69) is 4.98 Å². The number of hydrogen-bond donors (Lipinski definition) is 1. The Hall–Kier alpha value is -0.540. The fourth-order valence-corrected chi connectivity index (χ4v) is 1.12. The van der Waals surface area contributed by atoms with Gasteiger partial charge in [0, 0.05) is 11.1 Å². The van der Waals surface area contributed by atoms with E-state index >= 15 is 0 Å². The first-order valence-electron chi connectivity index (χ1n) is 3.42. The number of pyridine rings is 1. The monoisotopic (exact) mass is 169 g/mol. The Morgan fingerprint density at radius 3 is 2.64 bits per heavy atom. The van der Waals surface area contributed by atoms with Crippen LogP contribution in [0.15, 0.2) is 23.2 Å². The van der Waals surface area contributed by atoms with Crippen LogP contribution in [0.5, 0.6) is 0 Å². The predicted molar refractivity (Wildman–Crippen MR) is 46.7 cm³/mol. The lowest BCUT2D eigenvalue weighted by Gasteiger charge is -2.02. The van der Waals surface area contributed by atoms with E-state index in [0.29, 0.717) is 0 Å². The summed E-state index contributed by atoms with van der Waals surface area (Å²) in [7, 11) is 0. The molecule has 0 bridgehead atoms. The number of hydrogen-bond acceptors (Lipinski definition) is 3. The lowest BCUT2D eigenvalue weighted by atomic mass is 10.2. The molecule has 0 aliphatic carbocycles. The molecule has 0 aliphatic heterocycles. The fraction of sp³-hybridized carbons (Fsp3) is 0.375. The Kier molecular flexibility index (Phi) is 2.91. The van der Waals surface area contributed by atoms with Crippen molar-refractivity contribution in [3.63, 3.8) is 0 Å². The van der Waals surface area contributed by atoms with E-state index < -0.39 is 6.10 Å². The van der Waals surface area contributed by atoms with Crippen molar-refractivity contribution in [3.8, 4) is 0 Å². The minimum Gasteiger partial charge on any atom is -0.387 e. The van der Waals surface area contributed by atoms with Gasteiger partial charge in [-0.2, -0.15) is 0 Å². The molecule has 0 unspecified atom stereocenters. The third-order valence-corrected chi connectivity index (χ3v) is 2.14. The summed E-state index contributed by atoms with van der Waals surface area (Å²) in [4.78, 5) is 5.20. The zero-order chi connectivity index (χ0) is 8.27. The highest BCUT2D eigenvalue weighted by Gasteiger charge is 2.00. The number of thioether (sulfide) groups is 1. The van der Waals surface area contributed by atoms with Gasteiger partial charge in [-0.3, -0.25) is 4.98 Å². The van der Waals surface area contributed by atoms with Gasteiger partial charge in [0.05, 0.1) is 11.8 Å². The third kappa shape index (κ3) is 2.20. The van der Waals surface area contributed by atoms with Gasteiger partial charge in [0.2, 0.25) is 0 Å². The molecule has 0 fully saturated rings. The number of aliphatic hydroxyl groups is 1. The Labute approximate surface area is 70.7 Å². The van der Waals surface area contributed by atoms with E-state index in [1.165, 1.54) is 0 Å². The van der Waals surface area contributed by atoms with Crippen LogP contribution < -0.4 is 0 Å². The van der Waals surface area contributed by atoms with E-state index in [1.54, 1.807) is 24.9 Å². The zero-order valence-electron chi connectivity index (χ0n) is 6.61. The maximum Gasteiger partial charge on any atom is 0.0931 e. The summed E-state index contributed by atoms with van der Waals surface area (Å²) in [6.07, 6.45) is 3.30. The SMILES string of the molecule is CSc1ccc([C@H](C)O)nc1. The number of aliphatic hydroxyl groups excluding tert-OH is 1. The van der Waals surface area contributed by atoms with E-state index in [9.17, 15) is 0 Å². The van der Waals surface area contributed by atoms with E-state index in [0.717, 1.165) is 10.6 Å². The van der Waals surface area contributed by atoms with Crippen LogP contribution in [0.2, 0.25) is 0 Å². The maximum absolute atomic E-state index is 9.12. The Bertz CT molecular complexity index is 220. The second-order valence-electron chi connectivity index (χ2n) is 2.30. The van der Waals surface area contributed by atoms with Crippen molar-refractivity contribution in [2.24, 2.45) is 0 Å². The minimum atomic E-state index is -0.467. The highest BCUT2D eigenvalue weighted by Crippen LogP contribution is 2.15. The molecule has 0 saturated heterocycles. The molecule has 0 amide bonds. The highest BCUT2D eigenvalue weighted by atomic mass is 32.2. The molecule has 1 heterocycles. The molecule has 60 valence electrons. The summed E-state index contributed by atoms with van der Waals surface area (Å²) in [5, 5.41) is 9.12. The first kappa shape index (κ1) is 8.56. The highest BCUT2D eigenvalue weighted by molar-refractivity contribution is 7.98. The van der Waals surface area contributed by atoms with Gasteiger partial charge in [-0.1, -0.05) is 0 Å². The average Bonchev–Trinajstić information content (AvgIpc) is 2.05. The lowest BCUT2D eigenvalue weighted by molar-refractivity contribution is 0.194. The number of aromatic nitrogens is 1. The van der Waals surface area contributed by atoms with Crippen molar-refractivity contribution < 1.29 is 5.11 Å². The van der Waals surface area contributed by atoms with Gasteiger partial charge in [-0.25, -0.2) is 0 Å². The maximum atomic E-state index is 9.12. The van der Waals surface area contributed by atoms with Crippen LogP contribution in [0.4, 0.5) is 0 Å². The quantitative estimate of drug-likeness (QED) is 0.686. The van der Waals surface area contributed by atoms with Crippen LogP contribution >= 0.6 is 11.8 Å². The van der Waals surface area contributed by atoms with Crippen molar-refractivity contribution in [3.05, 3.63) is 24.0 Å². The van der Waals surface area contributed by atoms with Crippen molar-refractivity contribution in [1.82, 2.24) is 4.98 Å². The van der Waals surface area contributed by atoms with Crippen LogP contribution in [0.1, 0.15) is 18.7 Å². The summed E-state index contributed by atoms with van der Waals surface area (Å²) in [5.74, 6) is 0. The van der Waals surface area contributed by atoms with Gasteiger partial charge in [0.15, 0.2) is 0 Å². The molecular formula is C8H11NOS. The fourth-order valence-electron chi connectivity index (χ4n) is 0.760. The molecule has 3 heteroatoms. The largest absolute Gasteiger partial charge is 0.387 e. The topological polar surface area (TPSA) is 33.1 Å². The normalized spacial score (nSPS) is 13.0. The standard InChI is InChI=1S/C8H11NOS/c1-6(10)8-4-3-7(11-2)5-9-8/h3-6,10H,1-2H3/t6-/m0/s1. The molecule has 1 atom stereocenters. The van der Waals surface area contributed by atoms with Gasteiger partial charge < -0.3 is 5.11 Å². The van der Waals surface area contributed by atoms with Crippen LogP contribution in [-0.4, -0.2) is 16.3 Å². The predicted octanol–water partition coefficient (Wildman–Crippen LogP) is 1.86. The van der Waals surface area contributed by atoms with Gasteiger partial charge >= 0.3 is 0 Å². The second-order valence-corrected chi connectivity index (χ2v) is 3.18. The summed E-state index contributed by atoms with van der Waals surface area (Å²) in [5.41, 5.74) is 0.725. The Balaban J connectivity index is 2.83. The molecular weight excluding hydrogens is 158 g/mol. The molecule has 1 aromatic rings. The lowest BCUT2D eigenvalue weighted by Crippen LogP contribution is -1.93. The van der Waals surface area contributed by atoms with Crippen molar-refractivity contribution in [2.45, 2.75) is 17.9 Å². The summed E-state index contributed by atoms with van der Waals surface area (Å²) in [6, 6.07) is 3.80. The molecule has 0 saturated carbocycles. The molecule has 1 N–H and O–H groups in total. The van der Waals surface area contributed by atoms with E-state index in [4.69, 9.17) is 5.11 Å². The molecule has 1 aromatic heterocycles. The number of nitrogens with zero attached hydrogens (tertiary/aromatic N) is 1. The molecule has 0 aliphatic rings. The van der Waals surface area contributed by atoms with E-state index in [1.807, 2.05) is 18.4 Å². The summed E-state index contributed by atoms with van der Waals surface area (Å²) < 4.78 is 0. The summed E-state index contributed by atoms with van der Waals surface area (Å²) in [6.45, 7) is 1.71. The van der Waals surface area contributed by atoms with E-state index in [-0.39, 0.29) is 0 Å². The minimum absolute atomic E-state index is 0.467. The Morgan fingerprint density at radius 2 is 2.27 bits per heavy atom. The first-order valence-corrected chi connectivity index (χ1v) is 4.64. The van der Waals surface area contributed by atoms with Crippen LogP contribution in [0, 0.1) is 0 Å². The van der Waals surface area contributed by atoms with Gasteiger partial charge in [-0.05, 0) is 25.3 Å². The van der Waals surface area contributed by atoms with Crippen LogP contribution in [-0.2, 0) is 0 Å². The number of rotatable bonds is 2. The van der Waals surface area contributed by atoms with Crippen molar-refractivity contribution in [2.75, 3.05) is 6.26 Å². The van der Waals surface area contributed by atoms with Crippen molar-refractivity contribution in [1.29, 1.82) is 0 Å². The van der Waals surface area contributed by atoms with Crippen molar-refractivity contribution >= 4 is 11.8 Å². The van der Waals surface area contributed by atoms with Gasteiger partial charge in [0.25, 0.3) is 0 Å². The van der Waals surface area contributed by atoms with Crippen LogP contribution in [0.3, 0.4) is 0 Å². The third-order valence-electron chi connectivity index (χ3n) is 1.42. The first-order chi connectivity index (χ1) is 5.24. The molecule has 11 heavy (non-hydrogen) atoms. The molecule has 0 aromatic carbocycles. The Morgan fingerprint density at radius 1 is 1.55 bits per heavy atom. The zero-order valence-corrected chi connectivity index (χ0v) is 7.43. The molecule has 1 rings (SSSR count). The molecule has 0 radical (unpaired) electrons. The van der Waals surface area contributed by atoms with Crippen LogP contribution in [0.25, 0.3) is 0 Å².